The summed E-state index contributed by atoms with van der Waals surface area (Å²) >= 11 is 0. The highest BCUT2D eigenvalue weighted by molar-refractivity contribution is 6.01. The van der Waals surface area contributed by atoms with Crippen molar-refractivity contribution < 1.29 is 19.5 Å². The summed E-state index contributed by atoms with van der Waals surface area (Å²) in [7, 11) is 0. The van der Waals surface area contributed by atoms with E-state index in [9.17, 15) is 4.79 Å². The first-order chi connectivity index (χ1) is 16.7. The molecule has 0 fully saturated rings. The molecule has 1 heterocycles. The smallest absolute Gasteiger partial charge is 0.341 e. The molecule has 34 heavy (non-hydrogen) atoms. The van der Waals surface area contributed by atoms with Gasteiger partial charge in [-0.25, -0.2) is 4.79 Å². The average Bonchev–Trinajstić information content (AvgIpc) is 2.87. The number of fused-ring (bicyclic) bond motifs is 1. The average molecular weight is 457 g/mol. The summed E-state index contributed by atoms with van der Waals surface area (Å²) in [5, 5.41) is 13.3. The molecule has 0 amide bonds. The molecular weight excluding hydrogens is 428 g/mol. The molecule has 0 bridgehead atoms. The minimum atomic E-state index is -0.972. The number of allylic oxidation sites excluding steroid dienone is 1. The van der Waals surface area contributed by atoms with Crippen molar-refractivity contribution in [3.8, 4) is 5.75 Å². The molecule has 6 nitrogen and oxygen atoms in total. The Hall–Kier alpha value is -3.93. The number of benzene rings is 2. The molecule has 0 radical (unpaired) electrons. The van der Waals surface area contributed by atoms with Crippen LogP contribution in [0.4, 0.5) is 0 Å². The van der Waals surface area contributed by atoms with Gasteiger partial charge in [0.25, 0.3) is 0 Å². The van der Waals surface area contributed by atoms with Crippen LogP contribution < -0.4 is 4.74 Å². The van der Waals surface area contributed by atoms with Crippen LogP contribution in [0.5, 0.6) is 5.75 Å². The summed E-state index contributed by atoms with van der Waals surface area (Å²) in [6.07, 6.45) is 11.3. The number of hydrogen-bond donors (Lipinski definition) is 1. The molecule has 0 aliphatic heterocycles. The molecule has 0 saturated carbocycles. The summed E-state index contributed by atoms with van der Waals surface area (Å²) in [5.41, 5.74) is 5.21. The van der Waals surface area contributed by atoms with Crippen molar-refractivity contribution in [2.75, 3.05) is 13.2 Å². The van der Waals surface area contributed by atoms with Gasteiger partial charge in [0.15, 0.2) is 6.61 Å². The second-order valence-electron chi connectivity index (χ2n) is 8.17. The number of carboxylic acid groups (broad SMARTS) is 1. The van der Waals surface area contributed by atoms with Crippen molar-refractivity contribution in [1.82, 2.24) is 4.98 Å². The lowest BCUT2D eigenvalue weighted by atomic mass is 9.82. The van der Waals surface area contributed by atoms with Crippen molar-refractivity contribution in [2.45, 2.75) is 31.6 Å². The van der Waals surface area contributed by atoms with Crippen molar-refractivity contribution in [3.63, 3.8) is 0 Å². The standard InChI is InChI=1S/C28H28N2O4/c31-28(32)20-33-27-15-5-13-24-22(10-4-14-25(24)27)12-7-17-34-30-26(23-11-6-16-29-19-23)18-21-8-2-1-3-9-21/h1-3,5-9,11-13,15-16,19,22H,4,10,14,17-18,20H2,(H,31,32). The van der Waals surface area contributed by atoms with Crippen LogP contribution in [0.25, 0.3) is 0 Å². The molecule has 1 N–H and O–H groups in total. The number of rotatable bonds is 10. The Morgan fingerprint density at radius 3 is 2.79 bits per heavy atom. The molecule has 1 unspecified atom stereocenters. The minimum absolute atomic E-state index is 0.242. The molecule has 0 saturated heterocycles. The zero-order valence-electron chi connectivity index (χ0n) is 19.0. The van der Waals surface area contributed by atoms with Crippen molar-refractivity contribution in [2.24, 2.45) is 5.16 Å². The van der Waals surface area contributed by atoms with Crippen molar-refractivity contribution in [1.29, 1.82) is 0 Å². The van der Waals surface area contributed by atoms with Gasteiger partial charge in [0, 0.05) is 30.3 Å². The molecule has 3 aromatic rings. The third kappa shape index (κ3) is 6.32. The maximum atomic E-state index is 10.9. The van der Waals surface area contributed by atoms with Gasteiger partial charge in [-0.05, 0) is 60.2 Å². The largest absolute Gasteiger partial charge is 0.482 e. The summed E-state index contributed by atoms with van der Waals surface area (Å²) in [5.74, 6) is -0.0619. The van der Waals surface area contributed by atoms with E-state index in [1.807, 2.05) is 48.5 Å². The number of carbonyl (C=O) groups is 1. The van der Waals surface area contributed by atoms with E-state index in [0.717, 1.165) is 41.7 Å². The highest BCUT2D eigenvalue weighted by Gasteiger charge is 2.21. The maximum Gasteiger partial charge on any atom is 0.341 e. The van der Waals surface area contributed by atoms with Crippen molar-refractivity contribution >= 4 is 11.7 Å². The van der Waals surface area contributed by atoms with Crippen LogP contribution in [0, 0.1) is 0 Å². The predicted octanol–water partition coefficient (Wildman–Crippen LogP) is 5.18. The first-order valence-electron chi connectivity index (χ1n) is 11.5. The third-order valence-electron chi connectivity index (χ3n) is 5.78. The van der Waals surface area contributed by atoms with Crippen LogP contribution >= 0.6 is 0 Å². The van der Waals surface area contributed by atoms with Gasteiger partial charge in [-0.3, -0.25) is 4.98 Å². The summed E-state index contributed by atoms with van der Waals surface area (Å²) in [6.45, 7) is 0.0324. The Morgan fingerprint density at radius 2 is 2.00 bits per heavy atom. The highest BCUT2D eigenvalue weighted by Crippen LogP contribution is 2.37. The number of aromatic nitrogens is 1. The van der Waals surface area contributed by atoms with Gasteiger partial charge in [-0.15, -0.1) is 0 Å². The fourth-order valence-electron chi connectivity index (χ4n) is 4.21. The summed E-state index contributed by atoms with van der Waals surface area (Å²) in [4.78, 5) is 20.8. The molecule has 1 aliphatic carbocycles. The fraction of sp³-hybridized carbons (Fsp3) is 0.250. The van der Waals surface area contributed by atoms with Gasteiger partial charge >= 0.3 is 5.97 Å². The van der Waals surface area contributed by atoms with Gasteiger partial charge in [0.05, 0.1) is 5.71 Å². The van der Waals surface area contributed by atoms with E-state index >= 15 is 0 Å². The lowest BCUT2D eigenvalue weighted by Gasteiger charge is -2.25. The fourth-order valence-corrected chi connectivity index (χ4v) is 4.21. The Labute approximate surface area is 199 Å². The third-order valence-corrected chi connectivity index (χ3v) is 5.78. The first kappa shape index (κ1) is 23.2. The second-order valence-corrected chi connectivity index (χ2v) is 8.17. The summed E-state index contributed by atoms with van der Waals surface area (Å²) in [6, 6.07) is 19.9. The Morgan fingerprint density at radius 1 is 1.12 bits per heavy atom. The van der Waals surface area contributed by atoms with Crippen molar-refractivity contribution in [3.05, 3.63) is 107 Å². The number of nitrogens with zero attached hydrogens (tertiary/aromatic N) is 2. The van der Waals surface area contributed by atoms with Crippen LogP contribution in [0.3, 0.4) is 0 Å². The van der Waals surface area contributed by atoms with E-state index in [4.69, 9.17) is 14.7 Å². The molecule has 6 heteroatoms. The number of hydrogen-bond acceptors (Lipinski definition) is 5. The van der Waals surface area contributed by atoms with Gasteiger partial charge in [-0.1, -0.05) is 53.7 Å². The van der Waals surface area contributed by atoms with Crippen LogP contribution in [-0.2, 0) is 22.5 Å². The Bertz CT molecular complexity index is 1140. The van der Waals surface area contributed by atoms with Crippen LogP contribution in [0.2, 0.25) is 0 Å². The van der Waals surface area contributed by atoms with E-state index < -0.39 is 5.97 Å². The maximum absolute atomic E-state index is 10.9. The molecule has 1 aliphatic rings. The summed E-state index contributed by atoms with van der Waals surface area (Å²) < 4.78 is 5.50. The number of ether oxygens (including phenoxy) is 1. The minimum Gasteiger partial charge on any atom is -0.482 e. The monoisotopic (exact) mass is 456 g/mol. The van der Waals surface area contributed by atoms with Gasteiger partial charge in [0.1, 0.15) is 12.4 Å². The lowest BCUT2D eigenvalue weighted by Crippen LogP contribution is -2.14. The van der Waals surface area contributed by atoms with E-state index in [0.29, 0.717) is 18.8 Å². The molecule has 174 valence electrons. The zero-order valence-corrected chi connectivity index (χ0v) is 19.0. The molecule has 2 aromatic carbocycles. The lowest BCUT2D eigenvalue weighted by molar-refractivity contribution is -0.139. The zero-order chi connectivity index (χ0) is 23.6. The van der Waals surface area contributed by atoms with E-state index in [1.54, 1.807) is 12.4 Å². The Kier molecular flexibility index (Phi) is 8.06. The van der Waals surface area contributed by atoms with Crippen LogP contribution in [0.1, 0.15) is 41.0 Å². The van der Waals surface area contributed by atoms with E-state index in [1.165, 1.54) is 5.56 Å². The molecule has 1 aromatic heterocycles. The predicted molar refractivity (Wildman–Crippen MR) is 131 cm³/mol. The normalized spacial score (nSPS) is 15.6. The van der Waals surface area contributed by atoms with Crippen LogP contribution in [0.15, 0.2) is 90.4 Å². The molecule has 1 atom stereocenters. The van der Waals surface area contributed by atoms with Gasteiger partial charge in [0.2, 0.25) is 0 Å². The highest BCUT2D eigenvalue weighted by atomic mass is 16.6. The number of oxime groups is 1. The Balaban J connectivity index is 1.41. The van der Waals surface area contributed by atoms with E-state index in [-0.39, 0.29) is 12.5 Å². The topological polar surface area (TPSA) is 81.0 Å². The first-order valence-corrected chi connectivity index (χ1v) is 11.5. The molecule has 4 rings (SSSR count). The van der Waals surface area contributed by atoms with Gasteiger partial charge in [-0.2, -0.15) is 0 Å². The number of aliphatic carboxylic acids is 1. The number of pyridine rings is 1. The van der Waals surface area contributed by atoms with Gasteiger partial charge < -0.3 is 14.7 Å². The number of carboxylic acids is 1. The quantitative estimate of drug-likeness (QED) is 0.197. The second kappa shape index (κ2) is 11.8. The molecular formula is C28H28N2O4. The van der Waals surface area contributed by atoms with Crippen LogP contribution in [-0.4, -0.2) is 35.0 Å². The van der Waals surface area contributed by atoms with E-state index in [2.05, 4.69) is 34.4 Å². The SMILES string of the molecule is O=C(O)COc1cccc2c1CCCC2C=CCON=C(Cc1ccccc1)c1cccnc1. The molecule has 0 spiro atoms.